The second kappa shape index (κ2) is 9.24. The van der Waals surface area contributed by atoms with Crippen LogP contribution in [0.5, 0.6) is 0 Å². The summed E-state index contributed by atoms with van der Waals surface area (Å²) in [6.45, 7) is 2.22. The summed E-state index contributed by atoms with van der Waals surface area (Å²) in [5.74, 6) is 1.23. The minimum Gasteiger partial charge on any atom is -0.330 e. The normalized spacial score (nSPS) is 26.0. The zero-order valence-electron chi connectivity index (χ0n) is 13.8. The molecule has 2 atom stereocenters. The topological polar surface area (TPSA) is 43.8 Å². The summed E-state index contributed by atoms with van der Waals surface area (Å²) in [7, 11) is 0. The highest BCUT2D eigenvalue weighted by Gasteiger charge is 2.21. The van der Waals surface area contributed by atoms with Crippen LogP contribution < -0.4 is 5.73 Å². The zero-order chi connectivity index (χ0) is 14.9. The van der Waals surface area contributed by atoms with Crippen molar-refractivity contribution in [2.75, 3.05) is 0 Å². The van der Waals surface area contributed by atoms with E-state index in [4.69, 9.17) is 5.73 Å². The van der Waals surface area contributed by atoms with Gasteiger partial charge in [0.25, 0.3) is 0 Å². The first-order valence-electron chi connectivity index (χ1n) is 9.10. The maximum Gasteiger partial charge on any atom is 0.108 e. The van der Waals surface area contributed by atoms with E-state index in [0.29, 0.717) is 6.04 Å². The van der Waals surface area contributed by atoms with E-state index in [2.05, 4.69) is 22.7 Å². The Balaban J connectivity index is 2.05. The van der Waals surface area contributed by atoms with Gasteiger partial charge < -0.3 is 10.3 Å². The molecule has 1 fully saturated rings. The van der Waals surface area contributed by atoms with E-state index >= 15 is 0 Å². The lowest BCUT2D eigenvalue weighted by atomic mass is 9.94. The zero-order valence-corrected chi connectivity index (χ0v) is 13.8. The van der Waals surface area contributed by atoms with Gasteiger partial charge in [-0.1, -0.05) is 58.3 Å². The molecule has 0 aliphatic heterocycles. The predicted octanol–water partition coefficient (Wildman–Crippen LogP) is 4.62. The summed E-state index contributed by atoms with van der Waals surface area (Å²) in [6.07, 6.45) is 19.6. The average molecular weight is 291 g/mol. The summed E-state index contributed by atoms with van der Waals surface area (Å²) >= 11 is 0. The van der Waals surface area contributed by atoms with Crippen molar-refractivity contribution in [2.45, 2.75) is 96.1 Å². The van der Waals surface area contributed by atoms with E-state index < -0.39 is 0 Å². The van der Waals surface area contributed by atoms with Gasteiger partial charge in [0.1, 0.15) is 5.82 Å². The Bertz CT molecular complexity index is 386. The SMILES string of the molecule is CCCc1nccn1C1CCCCCCCCCCC1N. The lowest BCUT2D eigenvalue weighted by molar-refractivity contribution is 0.334. The second-order valence-corrected chi connectivity index (χ2v) is 6.64. The summed E-state index contributed by atoms with van der Waals surface area (Å²) < 4.78 is 2.39. The minimum absolute atomic E-state index is 0.286. The first kappa shape index (κ1) is 16.5. The fourth-order valence-electron chi connectivity index (χ4n) is 3.61. The van der Waals surface area contributed by atoms with Crippen LogP contribution in [0.25, 0.3) is 0 Å². The first-order valence-corrected chi connectivity index (χ1v) is 9.10. The monoisotopic (exact) mass is 291 g/mol. The molecule has 1 aliphatic rings. The van der Waals surface area contributed by atoms with Crippen LogP contribution in [-0.2, 0) is 6.42 Å². The third kappa shape index (κ3) is 5.14. The van der Waals surface area contributed by atoms with Crippen LogP contribution in [-0.4, -0.2) is 15.6 Å². The van der Waals surface area contributed by atoms with E-state index in [9.17, 15) is 0 Å². The Morgan fingerprint density at radius 3 is 2.33 bits per heavy atom. The predicted molar refractivity (Wildman–Crippen MR) is 89.4 cm³/mol. The van der Waals surface area contributed by atoms with E-state index in [1.807, 2.05) is 6.20 Å². The third-order valence-electron chi connectivity index (χ3n) is 4.86. The van der Waals surface area contributed by atoms with Gasteiger partial charge in [-0.15, -0.1) is 0 Å². The Morgan fingerprint density at radius 2 is 1.67 bits per heavy atom. The molecule has 0 saturated heterocycles. The van der Waals surface area contributed by atoms with Gasteiger partial charge in [-0.2, -0.15) is 0 Å². The summed E-state index contributed by atoms with van der Waals surface area (Å²) in [6, 6.07) is 0.739. The van der Waals surface area contributed by atoms with Crippen LogP contribution in [0.3, 0.4) is 0 Å². The van der Waals surface area contributed by atoms with Crippen LogP contribution in [0.1, 0.15) is 89.4 Å². The largest absolute Gasteiger partial charge is 0.330 e. The van der Waals surface area contributed by atoms with Gasteiger partial charge in [-0.05, 0) is 19.3 Å². The number of aromatic nitrogens is 2. The number of aryl methyl sites for hydroxylation is 1. The van der Waals surface area contributed by atoms with Crippen molar-refractivity contribution in [3.05, 3.63) is 18.2 Å². The van der Waals surface area contributed by atoms with Gasteiger partial charge in [-0.3, -0.25) is 0 Å². The Labute approximate surface area is 130 Å². The molecule has 1 aromatic heterocycles. The van der Waals surface area contributed by atoms with Crippen molar-refractivity contribution >= 4 is 0 Å². The summed E-state index contributed by atoms with van der Waals surface area (Å²) in [5, 5.41) is 0. The van der Waals surface area contributed by atoms with E-state index in [0.717, 1.165) is 19.3 Å². The van der Waals surface area contributed by atoms with Crippen molar-refractivity contribution in [1.82, 2.24) is 9.55 Å². The van der Waals surface area contributed by atoms with Crippen LogP contribution in [0.2, 0.25) is 0 Å². The smallest absolute Gasteiger partial charge is 0.108 e. The summed E-state index contributed by atoms with van der Waals surface area (Å²) in [5.41, 5.74) is 6.57. The maximum atomic E-state index is 6.57. The molecular weight excluding hydrogens is 258 g/mol. The standard InChI is InChI=1S/C18H33N3/c1-2-11-18-20-14-15-21(18)17-13-10-8-6-4-3-5-7-9-12-16(17)19/h14-17H,2-13,19H2,1H3. The Hall–Kier alpha value is -0.830. The molecule has 2 N–H and O–H groups in total. The highest BCUT2D eigenvalue weighted by atomic mass is 15.1. The fraction of sp³-hybridized carbons (Fsp3) is 0.833. The molecule has 0 aromatic carbocycles. The van der Waals surface area contributed by atoms with Gasteiger partial charge in [0.15, 0.2) is 0 Å². The van der Waals surface area contributed by atoms with Gasteiger partial charge in [0.05, 0.1) is 0 Å². The molecule has 1 aromatic rings. The van der Waals surface area contributed by atoms with E-state index in [-0.39, 0.29) is 6.04 Å². The fourth-order valence-corrected chi connectivity index (χ4v) is 3.61. The number of rotatable bonds is 3. The van der Waals surface area contributed by atoms with Gasteiger partial charge in [0.2, 0.25) is 0 Å². The molecule has 3 nitrogen and oxygen atoms in total. The van der Waals surface area contributed by atoms with Crippen LogP contribution in [0.15, 0.2) is 12.4 Å². The van der Waals surface area contributed by atoms with Gasteiger partial charge >= 0.3 is 0 Å². The van der Waals surface area contributed by atoms with Crippen LogP contribution in [0, 0.1) is 0 Å². The minimum atomic E-state index is 0.286. The molecule has 21 heavy (non-hydrogen) atoms. The van der Waals surface area contributed by atoms with E-state index in [1.165, 1.54) is 63.6 Å². The first-order chi connectivity index (χ1) is 10.3. The van der Waals surface area contributed by atoms with Crippen molar-refractivity contribution in [1.29, 1.82) is 0 Å². The molecule has 3 heteroatoms. The molecule has 1 aliphatic carbocycles. The lowest BCUT2D eigenvalue weighted by Gasteiger charge is -2.27. The summed E-state index contributed by atoms with van der Waals surface area (Å²) in [4.78, 5) is 4.55. The lowest BCUT2D eigenvalue weighted by Crippen LogP contribution is -2.33. The molecule has 0 amide bonds. The number of nitrogens with two attached hydrogens (primary N) is 1. The van der Waals surface area contributed by atoms with Crippen LogP contribution in [0.4, 0.5) is 0 Å². The molecule has 1 heterocycles. The molecule has 2 rings (SSSR count). The van der Waals surface area contributed by atoms with Crippen molar-refractivity contribution in [3.8, 4) is 0 Å². The van der Waals surface area contributed by atoms with Crippen LogP contribution >= 0.6 is 0 Å². The van der Waals surface area contributed by atoms with Crippen molar-refractivity contribution in [3.63, 3.8) is 0 Å². The average Bonchev–Trinajstić information content (AvgIpc) is 2.91. The number of nitrogens with zero attached hydrogens (tertiary/aromatic N) is 2. The second-order valence-electron chi connectivity index (χ2n) is 6.64. The number of imidazole rings is 1. The number of hydrogen-bond acceptors (Lipinski definition) is 2. The number of hydrogen-bond donors (Lipinski definition) is 1. The van der Waals surface area contributed by atoms with E-state index in [1.54, 1.807) is 0 Å². The highest BCUT2D eigenvalue weighted by Crippen LogP contribution is 2.25. The Morgan fingerprint density at radius 1 is 1.05 bits per heavy atom. The maximum absolute atomic E-state index is 6.57. The molecule has 0 spiro atoms. The highest BCUT2D eigenvalue weighted by molar-refractivity contribution is 4.98. The molecule has 1 saturated carbocycles. The van der Waals surface area contributed by atoms with Crippen molar-refractivity contribution < 1.29 is 0 Å². The molecular formula is C18H33N3. The third-order valence-corrected chi connectivity index (χ3v) is 4.86. The Kier molecular flexibility index (Phi) is 7.28. The molecule has 120 valence electrons. The molecule has 0 radical (unpaired) electrons. The quantitative estimate of drug-likeness (QED) is 0.883. The van der Waals surface area contributed by atoms with Gasteiger partial charge in [-0.25, -0.2) is 4.98 Å². The molecule has 2 unspecified atom stereocenters. The molecule has 0 bridgehead atoms. The van der Waals surface area contributed by atoms with Gasteiger partial charge in [0, 0.05) is 30.9 Å². The van der Waals surface area contributed by atoms with Crippen molar-refractivity contribution in [2.24, 2.45) is 5.73 Å².